The monoisotopic (exact) mass is 294 g/mol. The van der Waals surface area contributed by atoms with Crippen molar-refractivity contribution >= 4 is 5.97 Å². The lowest BCUT2D eigenvalue weighted by molar-refractivity contribution is -0.314. The van der Waals surface area contributed by atoms with E-state index in [4.69, 9.17) is 18.9 Å². The maximum Gasteiger partial charge on any atom is 0.303 e. The molecule has 5 atom stereocenters. The van der Waals surface area contributed by atoms with Gasteiger partial charge in [0.15, 0.2) is 12.4 Å². The van der Waals surface area contributed by atoms with Crippen LogP contribution >= 0.6 is 0 Å². The molecule has 3 rings (SSSR count). The Morgan fingerprint density at radius 2 is 2.00 bits per heavy atom. The minimum absolute atomic E-state index is 0.143. The normalized spacial score (nSPS) is 35.8. The first-order chi connectivity index (χ1) is 10.1. The summed E-state index contributed by atoms with van der Waals surface area (Å²) in [6, 6.07) is 9.48. The summed E-state index contributed by atoms with van der Waals surface area (Å²) in [6.07, 6.45) is -3.13. The molecule has 0 aromatic heterocycles. The van der Waals surface area contributed by atoms with Crippen molar-refractivity contribution in [1.82, 2.24) is 0 Å². The summed E-state index contributed by atoms with van der Waals surface area (Å²) < 4.78 is 22.1. The molecule has 1 aromatic rings. The summed E-state index contributed by atoms with van der Waals surface area (Å²) >= 11 is 0. The largest absolute Gasteiger partial charge is 0.457 e. The Kier molecular flexibility index (Phi) is 4.21. The topological polar surface area (TPSA) is 74.2 Å². The molecule has 2 aliphatic heterocycles. The summed E-state index contributed by atoms with van der Waals surface area (Å²) in [5.74, 6) is -0.451. The molecule has 0 radical (unpaired) electrons. The molecule has 2 fully saturated rings. The SMILES string of the molecule is CC(=O)OC1COC2COC(c3ccccc3)OC2C1O. The van der Waals surface area contributed by atoms with Crippen LogP contribution in [0.1, 0.15) is 18.8 Å². The van der Waals surface area contributed by atoms with Gasteiger partial charge in [-0.15, -0.1) is 0 Å². The maximum absolute atomic E-state index is 11.0. The first kappa shape index (κ1) is 14.5. The second kappa shape index (κ2) is 6.11. The summed E-state index contributed by atoms with van der Waals surface area (Å²) in [5.41, 5.74) is 0.873. The Hall–Kier alpha value is -1.47. The lowest BCUT2D eigenvalue weighted by atomic mass is 9.99. The van der Waals surface area contributed by atoms with E-state index in [1.807, 2.05) is 30.3 Å². The second-order valence-corrected chi connectivity index (χ2v) is 5.19. The van der Waals surface area contributed by atoms with Gasteiger partial charge in [0.2, 0.25) is 0 Å². The second-order valence-electron chi connectivity index (χ2n) is 5.19. The third-order valence-electron chi connectivity index (χ3n) is 3.64. The Bertz CT molecular complexity index is 490. The number of esters is 1. The zero-order valence-corrected chi connectivity index (χ0v) is 11.7. The number of fused-ring (bicyclic) bond motifs is 1. The van der Waals surface area contributed by atoms with Gasteiger partial charge < -0.3 is 24.1 Å². The highest BCUT2D eigenvalue weighted by Gasteiger charge is 2.46. The van der Waals surface area contributed by atoms with Gasteiger partial charge in [0.05, 0.1) is 13.2 Å². The first-order valence-corrected chi connectivity index (χ1v) is 6.94. The number of carbonyl (C=O) groups is 1. The minimum atomic E-state index is -0.928. The molecular weight excluding hydrogens is 276 g/mol. The molecule has 2 heterocycles. The number of ether oxygens (including phenoxy) is 4. The Morgan fingerprint density at radius 1 is 1.24 bits per heavy atom. The molecule has 0 spiro atoms. The standard InChI is InChI=1S/C15H18O6/c1-9(16)20-11-7-18-12-8-19-15(21-14(12)13(11)17)10-5-3-2-4-6-10/h2-6,11-15,17H,7-8H2,1H3. The van der Waals surface area contributed by atoms with Crippen LogP contribution in [0.15, 0.2) is 30.3 Å². The van der Waals surface area contributed by atoms with Crippen molar-refractivity contribution in [2.24, 2.45) is 0 Å². The molecule has 0 aliphatic carbocycles. The third kappa shape index (κ3) is 3.08. The van der Waals surface area contributed by atoms with E-state index in [0.717, 1.165) is 5.56 Å². The van der Waals surface area contributed by atoms with E-state index in [9.17, 15) is 9.90 Å². The quantitative estimate of drug-likeness (QED) is 0.813. The van der Waals surface area contributed by atoms with E-state index in [1.165, 1.54) is 6.92 Å². The van der Waals surface area contributed by atoms with E-state index < -0.39 is 30.6 Å². The maximum atomic E-state index is 11.0. The lowest BCUT2D eigenvalue weighted by Crippen LogP contribution is -2.59. The van der Waals surface area contributed by atoms with Crippen LogP contribution in [0.4, 0.5) is 0 Å². The highest BCUT2D eigenvalue weighted by Crippen LogP contribution is 2.32. The van der Waals surface area contributed by atoms with E-state index in [-0.39, 0.29) is 12.7 Å². The van der Waals surface area contributed by atoms with Gasteiger partial charge in [-0.25, -0.2) is 0 Å². The van der Waals surface area contributed by atoms with Gasteiger partial charge in [0.25, 0.3) is 0 Å². The van der Waals surface area contributed by atoms with Crippen molar-refractivity contribution in [3.63, 3.8) is 0 Å². The Labute approximate surface area is 122 Å². The smallest absolute Gasteiger partial charge is 0.303 e. The number of aliphatic hydroxyl groups excluding tert-OH is 1. The van der Waals surface area contributed by atoms with Gasteiger partial charge in [-0.3, -0.25) is 4.79 Å². The van der Waals surface area contributed by atoms with Crippen LogP contribution in [0.2, 0.25) is 0 Å². The molecule has 0 saturated carbocycles. The third-order valence-corrected chi connectivity index (χ3v) is 3.64. The molecule has 1 N–H and O–H groups in total. The number of aliphatic hydroxyl groups is 1. The molecule has 6 nitrogen and oxygen atoms in total. The van der Waals surface area contributed by atoms with Crippen molar-refractivity contribution in [3.05, 3.63) is 35.9 Å². The van der Waals surface area contributed by atoms with Crippen molar-refractivity contribution in [1.29, 1.82) is 0 Å². The van der Waals surface area contributed by atoms with Gasteiger partial charge in [0.1, 0.15) is 18.3 Å². The van der Waals surface area contributed by atoms with Crippen LogP contribution in [0.3, 0.4) is 0 Å². The molecule has 6 heteroatoms. The van der Waals surface area contributed by atoms with Crippen LogP contribution < -0.4 is 0 Å². The van der Waals surface area contributed by atoms with Crippen LogP contribution in [0, 0.1) is 0 Å². The Morgan fingerprint density at radius 3 is 2.71 bits per heavy atom. The highest BCUT2D eigenvalue weighted by atomic mass is 16.7. The van der Waals surface area contributed by atoms with Gasteiger partial charge >= 0.3 is 5.97 Å². The predicted octanol–water partition coefficient (Wildman–Crippen LogP) is 0.792. The van der Waals surface area contributed by atoms with Crippen LogP contribution in [-0.2, 0) is 23.7 Å². The van der Waals surface area contributed by atoms with Crippen molar-refractivity contribution < 1.29 is 28.8 Å². The molecular formula is C15H18O6. The van der Waals surface area contributed by atoms with Crippen molar-refractivity contribution in [2.75, 3.05) is 13.2 Å². The average molecular weight is 294 g/mol. The average Bonchev–Trinajstić information content (AvgIpc) is 2.50. The van der Waals surface area contributed by atoms with Gasteiger partial charge in [-0.05, 0) is 0 Å². The van der Waals surface area contributed by atoms with Crippen LogP contribution in [0.5, 0.6) is 0 Å². The van der Waals surface area contributed by atoms with Crippen LogP contribution in [-0.4, -0.2) is 48.7 Å². The van der Waals surface area contributed by atoms with E-state index in [0.29, 0.717) is 6.61 Å². The number of benzene rings is 1. The number of hydrogen-bond donors (Lipinski definition) is 1. The van der Waals surface area contributed by atoms with E-state index in [1.54, 1.807) is 0 Å². The molecule has 0 amide bonds. The number of hydrogen-bond acceptors (Lipinski definition) is 6. The summed E-state index contributed by atoms with van der Waals surface area (Å²) in [6.45, 7) is 1.77. The number of rotatable bonds is 2. The molecule has 2 aliphatic rings. The highest BCUT2D eigenvalue weighted by molar-refractivity contribution is 5.66. The molecule has 0 bridgehead atoms. The van der Waals surface area contributed by atoms with Crippen LogP contribution in [0.25, 0.3) is 0 Å². The summed E-state index contributed by atoms with van der Waals surface area (Å²) in [5, 5.41) is 10.3. The molecule has 114 valence electrons. The number of carbonyl (C=O) groups excluding carboxylic acids is 1. The van der Waals surface area contributed by atoms with Crippen molar-refractivity contribution in [3.8, 4) is 0 Å². The molecule has 2 saturated heterocycles. The predicted molar refractivity (Wildman–Crippen MR) is 71.3 cm³/mol. The van der Waals surface area contributed by atoms with E-state index >= 15 is 0 Å². The fourth-order valence-electron chi connectivity index (χ4n) is 2.62. The Balaban J connectivity index is 1.71. The summed E-state index contributed by atoms with van der Waals surface area (Å²) in [7, 11) is 0. The zero-order valence-electron chi connectivity index (χ0n) is 11.7. The fourth-order valence-corrected chi connectivity index (χ4v) is 2.62. The van der Waals surface area contributed by atoms with E-state index in [2.05, 4.69) is 0 Å². The van der Waals surface area contributed by atoms with Gasteiger partial charge in [0, 0.05) is 12.5 Å². The van der Waals surface area contributed by atoms with Gasteiger partial charge in [-0.2, -0.15) is 0 Å². The minimum Gasteiger partial charge on any atom is -0.457 e. The lowest BCUT2D eigenvalue weighted by Gasteiger charge is -2.44. The molecule has 5 unspecified atom stereocenters. The summed E-state index contributed by atoms with van der Waals surface area (Å²) in [4.78, 5) is 11.0. The van der Waals surface area contributed by atoms with Gasteiger partial charge in [-0.1, -0.05) is 30.3 Å². The zero-order chi connectivity index (χ0) is 14.8. The molecule has 1 aromatic carbocycles. The molecule has 21 heavy (non-hydrogen) atoms. The first-order valence-electron chi connectivity index (χ1n) is 6.94. The fraction of sp³-hybridized carbons (Fsp3) is 0.533. The van der Waals surface area contributed by atoms with Crippen molar-refractivity contribution in [2.45, 2.75) is 37.6 Å².